The van der Waals surface area contributed by atoms with E-state index in [2.05, 4.69) is 5.73 Å². The van der Waals surface area contributed by atoms with Crippen LogP contribution >= 0.6 is 0 Å². The summed E-state index contributed by atoms with van der Waals surface area (Å²) in [5.41, 5.74) is 4.09. The maximum Gasteiger partial charge on any atom is 0.126 e. The van der Waals surface area contributed by atoms with Crippen molar-refractivity contribution in [2.45, 2.75) is 6.54 Å². The van der Waals surface area contributed by atoms with Gasteiger partial charge in [-0.25, -0.2) is 8.78 Å². The Labute approximate surface area is 57.5 Å². The topological polar surface area (TPSA) is 27.6 Å². The molecular weight excluding hydrogens is 136 g/mol. The van der Waals surface area contributed by atoms with Gasteiger partial charge in [0.05, 0.1) is 6.54 Å². The van der Waals surface area contributed by atoms with Crippen LogP contribution in [0.2, 0.25) is 0 Å². The van der Waals surface area contributed by atoms with Crippen LogP contribution in [0.4, 0.5) is 8.78 Å². The third-order valence-corrected chi connectivity index (χ3v) is 1.21. The van der Waals surface area contributed by atoms with Gasteiger partial charge >= 0.3 is 0 Å². The highest BCUT2D eigenvalue weighted by molar-refractivity contribution is 5.16. The Balaban J connectivity index is 3.06. The van der Waals surface area contributed by atoms with Crippen LogP contribution in [0.5, 0.6) is 0 Å². The predicted molar refractivity (Wildman–Crippen MR) is 33.0 cm³/mol. The molecule has 0 aliphatic rings. The molecule has 0 atom stereocenters. The van der Waals surface area contributed by atoms with E-state index in [9.17, 15) is 8.78 Å². The van der Waals surface area contributed by atoms with Crippen LogP contribution in [0.15, 0.2) is 18.2 Å². The highest BCUT2D eigenvalue weighted by Gasteiger charge is 1.98. The standard InChI is InChI=1S/C7H7F2N/c8-6-1-5(4-10)2-7(9)3-6/h1-3H,4,10H2/p+1. The number of hydrogen-bond acceptors (Lipinski definition) is 0. The Kier molecular flexibility index (Phi) is 1.97. The van der Waals surface area contributed by atoms with Crippen LogP contribution in [-0.4, -0.2) is 0 Å². The van der Waals surface area contributed by atoms with Crippen molar-refractivity contribution >= 4 is 0 Å². The molecule has 0 bridgehead atoms. The van der Waals surface area contributed by atoms with E-state index >= 15 is 0 Å². The summed E-state index contributed by atoms with van der Waals surface area (Å²) in [5.74, 6) is -1.09. The zero-order chi connectivity index (χ0) is 7.56. The first-order valence-electron chi connectivity index (χ1n) is 2.96. The minimum atomic E-state index is -0.543. The first kappa shape index (κ1) is 7.15. The molecule has 1 rings (SSSR count). The molecule has 0 saturated heterocycles. The normalized spacial score (nSPS) is 9.90. The fourth-order valence-corrected chi connectivity index (χ4v) is 0.755. The number of benzene rings is 1. The number of rotatable bonds is 1. The van der Waals surface area contributed by atoms with Crippen molar-refractivity contribution in [2.24, 2.45) is 0 Å². The zero-order valence-corrected chi connectivity index (χ0v) is 5.40. The Morgan fingerprint density at radius 3 is 2.00 bits per heavy atom. The smallest absolute Gasteiger partial charge is 0.126 e. The van der Waals surface area contributed by atoms with E-state index in [1.54, 1.807) is 0 Å². The fraction of sp³-hybridized carbons (Fsp3) is 0.143. The van der Waals surface area contributed by atoms with Gasteiger partial charge in [0.25, 0.3) is 0 Å². The lowest BCUT2D eigenvalue weighted by Crippen LogP contribution is -2.47. The fourth-order valence-electron chi connectivity index (χ4n) is 0.755. The maximum atomic E-state index is 12.3. The number of hydrogen-bond donors (Lipinski definition) is 1. The minimum Gasteiger partial charge on any atom is -0.354 e. The van der Waals surface area contributed by atoms with Crippen LogP contribution in [-0.2, 0) is 6.54 Å². The van der Waals surface area contributed by atoms with E-state index in [1.165, 1.54) is 12.1 Å². The molecule has 10 heavy (non-hydrogen) atoms. The monoisotopic (exact) mass is 144 g/mol. The van der Waals surface area contributed by atoms with Crippen molar-refractivity contribution in [2.75, 3.05) is 0 Å². The summed E-state index contributed by atoms with van der Waals surface area (Å²) in [6, 6.07) is 3.39. The van der Waals surface area contributed by atoms with Crippen molar-refractivity contribution < 1.29 is 14.5 Å². The minimum absolute atomic E-state index is 0.411. The van der Waals surface area contributed by atoms with E-state index in [1.807, 2.05) is 0 Å². The van der Waals surface area contributed by atoms with E-state index in [0.29, 0.717) is 12.1 Å². The summed E-state index contributed by atoms with van der Waals surface area (Å²) in [6.45, 7) is 0.411. The van der Waals surface area contributed by atoms with Gasteiger partial charge in [-0.2, -0.15) is 0 Å². The first-order chi connectivity index (χ1) is 4.72. The van der Waals surface area contributed by atoms with Crippen LogP contribution in [0.3, 0.4) is 0 Å². The molecule has 0 aliphatic carbocycles. The quantitative estimate of drug-likeness (QED) is 0.601. The summed E-state index contributed by atoms with van der Waals surface area (Å²) in [4.78, 5) is 0. The van der Waals surface area contributed by atoms with E-state index in [4.69, 9.17) is 0 Å². The first-order valence-corrected chi connectivity index (χ1v) is 2.96. The summed E-state index contributed by atoms with van der Waals surface area (Å²) in [5, 5.41) is 0. The van der Waals surface area contributed by atoms with Crippen molar-refractivity contribution in [1.29, 1.82) is 0 Å². The van der Waals surface area contributed by atoms with Crippen molar-refractivity contribution in [1.82, 2.24) is 0 Å². The molecule has 0 aliphatic heterocycles. The molecule has 0 saturated carbocycles. The van der Waals surface area contributed by atoms with Crippen LogP contribution in [0, 0.1) is 11.6 Å². The predicted octanol–water partition coefficient (Wildman–Crippen LogP) is 0.707. The number of halogens is 2. The molecular formula is C7H8F2N+. The molecule has 0 amide bonds. The second kappa shape index (κ2) is 2.75. The van der Waals surface area contributed by atoms with Crippen molar-refractivity contribution in [3.63, 3.8) is 0 Å². The molecule has 54 valence electrons. The van der Waals surface area contributed by atoms with Gasteiger partial charge in [-0.05, 0) is 12.1 Å². The summed E-state index contributed by atoms with van der Waals surface area (Å²) < 4.78 is 24.7. The average Bonchev–Trinajstić information content (AvgIpc) is 1.85. The molecule has 0 unspecified atom stereocenters. The van der Waals surface area contributed by atoms with Gasteiger partial charge in [-0.3, -0.25) is 0 Å². The maximum absolute atomic E-state index is 12.3. The lowest BCUT2D eigenvalue weighted by molar-refractivity contribution is -0.386. The summed E-state index contributed by atoms with van der Waals surface area (Å²) in [7, 11) is 0. The molecule has 1 nitrogen and oxygen atoms in total. The van der Waals surface area contributed by atoms with E-state index in [-0.39, 0.29) is 0 Å². The third kappa shape index (κ3) is 1.51. The summed E-state index contributed by atoms with van der Waals surface area (Å²) in [6.07, 6.45) is 0. The Bertz CT molecular complexity index is 215. The SMILES string of the molecule is [NH3+]Cc1cc(F)cc(F)c1. The van der Waals surface area contributed by atoms with Crippen molar-refractivity contribution in [3.8, 4) is 0 Å². The lowest BCUT2D eigenvalue weighted by atomic mass is 10.2. The van der Waals surface area contributed by atoms with Gasteiger partial charge in [0.2, 0.25) is 0 Å². The Morgan fingerprint density at radius 1 is 1.10 bits per heavy atom. The van der Waals surface area contributed by atoms with Gasteiger partial charge in [0, 0.05) is 11.6 Å². The largest absolute Gasteiger partial charge is 0.354 e. The second-order valence-electron chi connectivity index (χ2n) is 2.03. The third-order valence-electron chi connectivity index (χ3n) is 1.21. The van der Waals surface area contributed by atoms with Crippen LogP contribution < -0.4 is 5.73 Å². The van der Waals surface area contributed by atoms with Gasteiger partial charge < -0.3 is 5.73 Å². The van der Waals surface area contributed by atoms with Crippen LogP contribution in [0.1, 0.15) is 5.56 Å². The molecule has 3 heteroatoms. The van der Waals surface area contributed by atoms with E-state index < -0.39 is 11.6 Å². The van der Waals surface area contributed by atoms with Crippen LogP contribution in [0.25, 0.3) is 0 Å². The van der Waals surface area contributed by atoms with Gasteiger partial charge in [0.1, 0.15) is 11.6 Å². The molecule has 0 aromatic heterocycles. The van der Waals surface area contributed by atoms with E-state index in [0.717, 1.165) is 6.07 Å². The highest BCUT2D eigenvalue weighted by Crippen LogP contribution is 2.05. The van der Waals surface area contributed by atoms with Gasteiger partial charge in [-0.1, -0.05) is 0 Å². The summed E-state index contributed by atoms with van der Waals surface area (Å²) >= 11 is 0. The highest BCUT2D eigenvalue weighted by atomic mass is 19.1. The molecule has 1 aromatic carbocycles. The zero-order valence-electron chi connectivity index (χ0n) is 5.40. The molecule has 0 radical (unpaired) electrons. The Hall–Kier alpha value is -0.960. The molecule has 0 spiro atoms. The molecule has 0 heterocycles. The Morgan fingerprint density at radius 2 is 1.60 bits per heavy atom. The molecule has 0 fully saturated rings. The van der Waals surface area contributed by atoms with Crippen molar-refractivity contribution in [3.05, 3.63) is 35.4 Å². The second-order valence-corrected chi connectivity index (χ2v) is 2.03. The number of quaternary nitrogens is 1. The molecule has 1 aromatic rings. The average molecular weight is 144 g/mol. The van der Waals surface area contributed by atoms with Gasteiger partial charge in [-0.15, -0.1) is 0 Å². The molecule has 3 N–H and O–H groups in total. The van der Waals surface area contributed by atoms with Gasteiger partial charge in [0.15, 0.2) is 0 Å². The lowest BCUT2D eigenvalue weighted by Gasteiger charge is -1.93.